The average molecular weight is 349 g/mol. The molecule has 1 aliphatic heterocycles. The Bertz CT molecular complexity index is 617. The minimum Gasteiger partial charge on any atom is -0.366 e. The lowest BCUT2D eigenvalue weighted by Gasteiger charge is -2.30. The van der Waals surface area contributed by atoms with Gasteiger partial charge in [-0.15, -0.1) is 0 Å². The number of rotatable bonds is 7. The monoisotopic (exact) mass is 349 g/mol. The fourth-order valence-electron chi connectivity index (χ4n) is 2.74. The standard InChI is InChI=1S/C17H27N5O3/c1-5-17(3,4)20-16(23)12(2)21-9-8-13(11-21)19-15-7-6-14(10-18-15)22(24)25/h6-7,10,12-13H,5,8-9,11H2,1-4H3,(H,18,19)(H,20,23)/t12-,13-/m1/s1. The Morgan fingerprint density at radius 1 is 1.52 bits per heavy atom. The van der Waals surface area contributed by atoms with E-state index in [2.05, 4.69) is 27.4 Å². The van der Waals surface area contributed by atoms with Gasteiger partial charge in [0.25, 0.3) is 5.69 Å². The van der Waals surface area contributed by atoms with Crippen molar-refractivity contribution in [3.8, 4) is 0 Å². The van der Waals surface area contributed by atoms with E-state index < -0.39 is 4.92 Å². The summed E-state index contributed by atoms with van der Waals surface area (Å²) < 4.78 is 0. The van der Waals surface area contributed by atoms with Crippen molar-refractivity contribution in [2.24, 2.45) is 0 Å². The van der Waals surface area contributed by atoms with Crippen molar-refractivity contribution < 1.29 is 9.72 Å². The highest BCUT2D eigenvalue weighted by atomic mass is 16.6. The fourth-order valence-corrected chi connectivity index (χ4v) is 2.74. The number of carbonyl (C=O) groups is 1. The lowest BCUT2D eigenvalue weighted by atomic mass is 10.0. The molecule has 0 aromatic carbocycles. The van der Waals surface area contributed by atoms with E-state index >= 15 is 0 Å². The molecule has 0 spiro atoms. The van der Waals surface area contributed by atoms with Crippen LogP contribution >= 0.6 is 0 Å². The van der Waals surface area contributed by atoms with Crippen LogP contribution in [0.2, 0.25) is 0 Å². The molecule has 1 aromatic rings. The zero-order valence-corrected chi connectivity index (χ0v) is 15.3. The summed E-state index contributed by atoms with van der Waals surface area (Å²) in [5, 5.41) is 17.0. The van der Waals surface area contributed by atoms with E-state index in [0.717, 1.165) is 25.9 Å². The molecule has 1 aromatic heterocycles. The number of nitrogens with one attached hydrogen (secondary N) is 2. The van der Waals surface area contributed by atoms with Crippen LogP contribution in [0.15, 0.2) is 18.3 Å². The van der Waals surface area contributed by atoms with E-state index in [4.69, 9.17) is 0 Å². The molecular formula is C17H27N5O3. The van der Waals surface area contributed by atoms with Gasteiger partial charge in [-0.3, -0.25) is 19.8 Å². The summed E-state index contributed by atoms with van der Waals surface area (Å²) in [4.78, 5) is 28.8. The van der Waals surface area contributed by atoms with Gasteiger partial charge < -0.3 is 10.6 Å². The molecule has 0 radical (unpaired) electrons. The summed E-state index contributed by atoms with van der Waals surface area (Å²) in [5.41, 5.74) is -0.229. The van der Waals surface area contributed by atoms with E-state index in [1.54, 1.807) is 6.07 Å². The number of carbonyl (C=O) groups excluding carboxylic acids is 1. The summed E-state index contributed by atoms with van der Waals surface area (Å²) in [6.45, 7) is 9.58. The van der Waals surface area contributed by atoms with Gasteiger partial charge in [-0.2, -0.15) is 0 Å². The fraction of sp³-hybridized carbons (Fsp3) is 0.647. The molecule has 1 saturated heterocycles. The van der Waals surface area contributed by atoms with Gasteiger partial charge in [0.05, 0.1) is 11.0 Å². The highest BCUT2D eigenvalue weighted by molar-refractivity contribution is 5.82. The number of aromatic nitrogens is 1. The Morgan fingerprint density at radius 2 is 2.24 bits per heavy atom. The first-order valence-electron chi connectivity index (χ1n) is 8.65. The predicted molar refractivity (Wildman–Crippen MR) is 96.5 cm³/mol. The number of anilines is 1. The first-order valence-corrected chi connectivity index (χ1v) is 8.65. The van der Waals surface area contributed by atoms with Crippen molar-refractivity contribution in [1.82, 2.24) is 15.2 Å². The average Bonchev–Trinajstić information content (AvgIpc) is 3.02. The molecule has 0 aliphatic carbocycles. The number of nitro groups is 1. The lowest BCUT2D eigenvalue weighted by Crippen LogP contribution is -2.51. The van der Waals surface area contributed by atoms with Crippen LogP contribution in [0.25, 0.3) is 0 Å². The lowest BCUT2D eigenvalue weighted by molar-refractivity contribution is -0.385. The molecule has 0 unspecified atom stereocenters. The van der Waals surface area contributed by atoms with E-state index in [9.17, 15) is 14.9 Å². The Balaban J connectivity index is 1.88. The summed E-state index contributed by atoms with van der Waals surface area (Å²) in [5.74, 6) is 0.655. The van der Waals surface area contributed by atoms with Crippen molar-refractivity contribution >= 4 is 17.4 Å². The van der Waals surface area contributed by atoms with Crippen LogP contribution in [0.1, 0.15) is 40.5 Å². The zero-order chi connectivity index (χ0) is 18.6. The van der Waals surface area contributed by atoms with Gasteiger partial charge in [0.1, 0.15) is 12.0 Å². The highest BCUT2D eigenvalue weighted by Crippen LogP contribution is 2.19. The molecule has 25 heavy (non-hydrogen) atoms. The third-order valence-electron chi connectivity index (χ3n) is 4.80. The minimum atomic E-state index is -0.466. The second-order valence-electron chi connectivity index (χ2n) is 7.19. The third kappa shape index (κ3) is 5.12. The normalized spacial score (nSPS) is 19.4. The van der Waals surface area contributed by atoms with E-state index in [0.29, 0.717) is 5.82 Å². The Kier molecular flexibility index (Phi) is 5.94. The van der Waals surface area contributed by atoms with Gasteiger partial charge in [-0.1, -0.05) is 6.92 Å². The van der Waals surface area contributed by atoms with Gasteiger partial charge in [0, 0.05) is 30.7 Å². The molecule has 8 nitrogen and oxygen atoms in total. The number of amides is 1. The SMILES string of the molecule is CCC(C)(C)NC(=O)[C@@H](C)N1CC[C@@H](Nc2ccc([N+](=O)[O-])cn2)C1. The molecule has 2 atom stereocenters. The molecule has 1 amide bonds. The largest absolute Gasteiger partial charge is 0.366 e. The summed E-state index contributed by atoms with van der Waals surface area (Å²) in [6, 6.07) is 3.02. The molecule has 0 saturated carbocycles. The van der Waals surface area contributed by atoms with Gasteiger partial charge >= 0.3 is 0 Å². The third-order valence-corrected chi connectivity index (χ3v) is 4.80. The number of hydrogen-bond acceptors (Lipinski definition) is 6. The van der Waals surface area contributed by atoms with Crippen molar-refractivity contribution in [1.29, 1.82) is 0 Å². The van der Waals surface area contributed by atoms with Crippen molar-refractivity contribution in [2.75, 3.05) is 18.4 Å². The molecule has 1 aliphatic rings. The Hall–Kier alpha value is -2.22. The van der Waals surface area contributed by atoms with Crippen molar-refractivity contribution in [2.45, 2.75) is 58.2 Å². The topological polar surface area (TPSA) is 100 Å². The quantitative estimate of drug-likeness (QED) is 0.578. The predicted octanol–water partition coefficient (Wildman–Crippen LogP) is 2.17. The van der Waals surface area contributed by atoms with Crippen LogP contribution < -0.4 is 10.6 Å². The number of hydrogen-bond donors (Lipinski definition) is 2. The summed E-state index contributed by atoms with van der Waals surface area (Å²) in [6.07, 6.45) is 3.02. The molecule has 0 bridgehead atoms. The minimum absolute atomic E-state index is 0.0255. The van der Waals surface area contributed by atoms with Crippen LogP contribution in [-0.4, -0.2) is 51.4 Å². The molecule has 1 fully saturated rings. The number of likely N-dealkylation sites (tertiary alicyclic amines) is 1. The Labute approximate surface area is 148 Å². The molecule has 2 heterocycles. The number of nitrogens with zero attached hydrogens (tertiary/aromatic N) is 3. The van der Waals surface area contributed by atoms with Gasteiger partial charge in [0.15, 0.2) is 0 Å². The maximum Gasteiger partial charge on any atom is 0.287 e. The van der Waals surface area contributed by atoms with E-state index in [1.807, 2.05) is 20.8 Å². The summed E-state index contributed by atoms with van der Waals surface area (Å²) in [7, 11) is 0. The molecule has 138 valence electrons. The van der Waals surface area contributed by atoms with E-state index in [-0.39, 0.29) is 29.2 Å². The molecular weight excluding hydrogens is 322 g/mol. The van der Waals surface area contributed by atoms with Crippen LogP contribution in [-0.2, 0) is 4.79 Å². The van der Waals surface area contributed by atoms with Crippen molar-refractivity contribution in [3.05, 3.63) is 28.4 Å². The summed E-state index contributed by atoms with van der Waals surface area (Å²) >= 11 is 0. The maximum atomic E-state index is 12.4. The zero-order valence-electron chi connectivity index (χ0n) is 15.3. The van der Waals surface area contributed by atoms with Gasteiger partial charge in [0.2, 0.25) is 5.91 Å². The molecule has 2 rings (SSSR count). The first kappa shape index (κ1) is 19.1. The smallest absolute Gasteiger partial charge is 0.287 e. The van der Waals surface area contributed by atoms with Gasteiger partial charge in [-0.25, -0.2) is 4.98 Å². The van der Waals surface area contributed by atoms with Crippen molar-refractivity contribution in [3.63, 3.8) is 0 Å². The van der Waals surface area contributed by atoms with E-state index in [1.165, 1.54) is 12.3 Å². The second kappa shape index (κ2) is 7.77. The number of pyridine rings is 1. The first-order chi connectivity index (χ1) is 11.7. The van der Waals surface area contributed by atoms with Crippen LogP contribution in [0, 0.1) is 10.1 Å². The van der Waals surface area contributed by atoms with Gasteiger partial charge in [-0.05, 0) is 39.7 Å². The highest BCUT2D eigenvalue weighted by Gasteiger charge is 2.31. The molecule has 8 heteroatoms. The van der Waals surface area contributed by atoms with Crippen LogP contribution in [0.3, 0.4) is 0 Å². The maximum absolute atomic E-state index is 12.4. The Morgan fingerprint density at radius 3 is 2.80 bits per heavy atom. The van der Waals surface area contributed by atoms with Crippen LogP contribution in [0.5, 0.6) is 0 Å². The van der Waals surface area contributed by atoms with Crippen LogP contribution in [0.4, 0.5) is 11.5 Å². The second-order valence-corrected chi connectivity index (χ2v) is 7.19. The molecule has 2 N–H and O–H groups in total.